The molecule has 0 amide bonds. The highest BCUT2D eigenvalue weighted by atomic mass is 19.4. The molecule has 0 radical (unpaired) electrons. The zero-order valence-electron chi connectivity index (χ0n) is 6.65. The van der Waals surface area contributed by atoms with E-state index in [1.54, 1.807) is 18.2 Å². The fourth-order valence-corrected chi connectivity index (χ4v) is 0.973. The third-order valence-electron chi connectivity index (χ3n) is 1.79. The van der Waals surface area contributed by atoms with Crippen molar-refractivity contribution >= 4 is 0 Å². The van der Waals surface area contributed by atoms with Crippen molar-refractivity contribution in [3.8, 4) is 0 Å². The van der Waals surface area contributed by atoms with E-state index in [-0.39, 0.29) is 0 Å². The monoisotopic (exact) mass is 174 g/mol. The molecule has 12 heavy (non-hydrogen) atoms. The van der Waals surface area contributed by atoms with E-state index in [1.807, 2.05) is 0 Å². The number of allylic oxidation sites excluding steroid dienone is 6. The van der Waals surface area contributed by atoms with Crippen molar-refractivity contribution < 1.29 is 13.2 Å². The van der Waals surface area contributed by atoms with Gasteiger partial charge in [-0.2, -0.15) is 13.2 Å². The highest BCUT2D eigenvalue weighted by Crippen LogP contribution is 2.30. The summed E-state index contributed by atoms with van der Waals surface area (Å²) in [6, 6.07) is 0. The Morgan fingerprint density at radius 3 is 2.42 bits per heavy atom. The SMILES string of the molecule is C/C(=C1\C=CC=CC1)C(F)(F)F. The number of hydrogen-bond acceptors (Lipinski definition) is 0. The summed E-state index contributed by atoms with van der Waals surface area (Å²) in [5.74, 6) is 0. The second-order valence-corrected chi connectivity index (χ2v) is 2.64. The summed E-state index contributed by atoms with van der Waals surface area (Å²) in [5.41, 5.74) is -0.145. The van der Waals surface area contributed by atoms with Gasteiger partial charge in [0, 0.05) is 5.57 Å². The van der Waals surface area contributed by atoms with Gasteiger partial charge in [0.25, 0.3) is 0 Å². The molecule has 0 aromatic rings. The van der Waals surface area contributed by atoms with Gasteiger partial charge in [0.2, 0.25) is 0 Å². The Hall–Kier alpha value is -0.990. The second kappa shape index (κ2) is 3.17. The molecule has 0 heterocycles. The molecule has 0 atom stereocenters. The van der Waals surface area contributed by atoms with E-state index in [1.165, 1.54) is 6.08 Å². The van der Waals surface area contributed by atoms with Gasteiger partial charge in [0.15, 0.2) is 0 Å². The van der Waals surface area contributed by atoms with Crippen molar-refractivity contribution in [3.05, 3.63) is 35.5 Å². The third-order valence-corrected chi connectivity index (χ3v) is 1.79. The van der Waals surface area contributed by atoms with Crippen LogP contribution in [0.2, 0.25) is 0 Å². The first-order chi connectivity index (χ1) is 5.52. The number of hydrogen-bond donors (Lipinski definition) is 0. The zero-order chi connectivity index (χ0) is 9.19. The lowest BCUT2D eigenvalue weighted by atomic mass is 10.0. The molecule has 0 spiro atoms. The molecule has 0 saturated heterocycles. The van der Waals surface area contributed by atoms with E-state index in [4.69, 9.17) is 0 Å². The van der Waals surface area contributed by atoms with Gasteiger partial charge in [0.05, 0.1) is 0 Å². The maximum Gasteiger partial charge on any atom is 0.412 e. The lowest BCUT2D eigenvalue weighted by molar-refractivity contribution is -0.0920. The van der Waals surface area contributed by atoms with Crippen LogP contribution in [0.1, 0.15) is 13.3 Å². The largest absolute Gasteiger partial charge is 0.412 e. The Morgan fingerprint density at radius 2 is 2.00 bits per heavy atom. The summed E-state index contributed by atoms with van der Waals surface area (Å²) in [6.45, 7) is 1.11. The molecule has 1 aliphatic rings. The predicted octanol–water partition coefficient (Wildman–Crippen LogP) is 3.38. The molecule has 0 bridgehead atoms. The van der Waals surface area contributed by atoms with Gasteiger partial charge in [-0.3, -0.25) is 0 Å². The average Bonchev–Trinajstić information content (AvgIpc) is 2.03. The fraction of sp³-hybridized carbons (Fsp3) is 0.333. The van der Waals surface area contributed by atoms with Crippen LogP contribution in [0.4, 0.5) is 13.2 Å². The van der Waals surface area contributed by atoms with Crippen molar-refractivity contribution in [1.82, 2.24) is 0 Å². The summed E-state index contributed by atoms with van der Waals surface area (Å²) in [5, 5.41) is 0. The van der Waals surface area contributed by atoms with E-state index in [2.05, 4.69) is 0 Å². The summed E-state index contributed by atoms with van der Waals surface area (Å²) in [7, 11) is 0. The fourth-order valence-electron chi connectivity index (χ4n) is 0.973. The van der Waals surface area contributed by atoms with Crippen LogP contribution in [0.3, 0.4) is 0 Å². The molecule has 0 N–H and O–H groups in total. The van der Waals surface area contributed by atoms with Gasteiger partial charge in [-0.15, -0.1) is 0 Å². The highest BCUT2D eigenvalue weighted by molar-refractivity contribution is 5.34. The Kier molecular flexibility index (Phi) is 2.40. The van der Waals surface area contributed by atoms with Crippen LogP contribution >= 0.6 is 0 Å². The van der Waals surface area contributed by atoms with Crippen molar-refractivity contribution in [2.75, 3.05) is 0 Å². The van der Waals surface area contributed by atoms with Crippen molar-refractivity contribution in [3.63, 3.8) is 0 Å². The Labute approximate surface area is 69.1 Å². The molecule has 0 aliphatic heterocycles. The molecular weight excluding hydrogens is 165 g/mol. The standard InChI is InChI=1S/C9H9F3/c1-7(9(10,11)12)8-5-3-2-4-6-8/h2-5H,6H2,1H3/b8-7-. The highest BCUT2D eigenvalue weighted by Gasteiger charge is 2.31. The molecule has 3 heteroatoms. The maximum absolute atomic E-state index is 12.1. The third kappa shape index (κ3) is 2.00. The van der Waals surface area contributed by atoms with Crippen molar-refractivity contribution in [2.24, 2.45) is 0 Å². The van der Waals surface area contributed by atoms with Crippen LogP contribution in [0.15, 0.2) is 35.5 Å². The first-order valence-electron chi connectivity index (χ1n) is 3.62. The minimum Gasteiger partial charge on any atom is -0.166 e. The average molecular weight is 174 g/mol. The topological polar surface area (TPSA) is 0 Å². The molecule has 1 rings (SSSR count). The van der Waals surface area contributed by atoms with Gasteiger partial charge in [-0.25, -0.2) is 0 Å². The summed E-state index contributed by atoms with van der Waals surface area (Å²) >= 11 is 0. The molecule has 1 aliphatic carbocycles. The Balaban J connectivity index is 2.91. The van der Waals surface area contributed by atoms with Gasteiger partial charge in [-0.05, 0) is 18.9 Å². The maximum atomic E-state index is 12.1. The first kappa shape index (κ1) is 9.10. The molecule has 0 saturated carbocycles. The molecule has 0 unspecified atom stereocenters. The van der Waals surface area contributed by atoms with E-state index in [9.17, 15) is 13.2 Å². The van der Waals surface area contributed by atoms with E-state index in [0.717, 1.165) is 6.92 Å². The van der Waals surface area contributed by atoms with Crippen molar-refractivity contribution in [1.29, 1.82) is 0 Å². The molecule has 0 aromatic heterocycles. The van der Waals surface area contributed by atoms with Crippen LogP contribution in [-0.4, -0.2) is 6.18 Å². The van der Waals surface area contributed by atoms with Gasteiger partial charge in [-0.1, -0.05) is 24.3 Å². The lowest BCUT2D eigenvalue weighted by Crippen LogP contribution is -2.11. The van der Waals surface area contributed by atoms with Crippen LogP contribution in [0.5, 0.6) is 0 Å². The van der Waals surface area contributed by atoms with Gasteiger partial charge in [0.1, 0.15) is 0 Å². The Morgan fingerprint density at radius 1 is 1.33 bits per heavy atom. The van der Waals surface area contributed by atoms with Crippen molar-refractivity contribution in [2.45, 2.75) is 19.5 Å². The van der Waals surface area contributed by atoms with Gasteiger partial charge >= 0.3 is 6.18 Å². The van der Waals surface area contributed by atoms with Crippen LogP contribution < -0.4 is 0 Å². The second-order valence-electron chi connectivity index (χ2n) is 2.64. The molecule has 0 fully saturated rings. The van der Waals surface area contributed by atoms with Crippen LogP contribution in [0, 0.1) is 0 Å². The van der Waals surface area contributed by atoms with E-state index in [0.29, 0.717) is 12.0 Å². The van der Waals surface area contributed by atoms with Crippen LogP contribution in [0.25, 0.3) is 0 Å². The predicted molar refractivity (Wildman–Crippen MR) is 41.7 cm³/mol. The lowest BCUT2D eigenvalue weighted by Gasteiger charge is -2.11. The normalized spacial score (nSPS) is 21.3. The smallest absolute Gasteiger partial charge is 0.166 e. The molecule has 0 aromatic carbocycles. The van der Waals surface area contributed by atoms with E-state index >= 15 is 0 Å². The summed E-state index contributed by atoms with van der Waals surface area (Å²) < 4.78 is 36.4. The number of alkyl halides is 3. The minimum atomic E-state index is -4.19. The molecular formula is C9H9F3. The number of halogens is 3. The zero-order valence-corrected chi connectivity index (χ0v) is 6.65. The minimum absolute atomic E-state index is 0.352. The summed E-state index contributed by atoms with van der Waals surface area (Å²) in [6.07, 6.45) is 2.77. The van der Waals surface area contributed by atoms with E-state index < -0.39 is 11.7 Å². The Bertz CT molecular complexity index is 253. The quantitative estimate of drug-likeness (QED) is 0.528. The first-order valence-corrected chi connectivity index (χ1v) is 3.62. The molecule has 66 valence electrons. The van der Waals surface area contributed by atoms with Gasteiger partial charge < -0.3 is 0 Å². The van der Waals surface area contributed by atoms with Crippen LogP contribution in [-0.2, 0) is 0 Å². The number of rotatable bonds is 0. The molecule has 0 nitrogen and oxygen atoms in total. The summed E-state index contributed by atoms with van der Waals surface area (Å²) in [4.78, 5) is 0.